The molecule has 12 bridgehead atoms. The molecule has 0 aromatic heterocycles. The van der Waals surface area contributed by atoms with Crippen molar-refractivity contribution in [2.24, 2.45) is 166 Å². The first kappa shape index (κ1) is 43.0. The molecule has 0 heterocycles. The summed E-state index contributed by atoms with van der Waals surface area (Å²) in [4.78, 5) is 34.1. The largest absolute Gasteiger partial charge is 0.298 e. The SMILES string of the molecule is C1=CC2C3C=CC(C3)C2C1.CC1C=CC2C3C=CC(C3)C12.CC1C=CC2C3C=CC(C3)C12.CC1C=CC2C3C=CC(C3C)C12.O=C1C2C=CC1C1C(=O)C=CC21.O=C1C=CC2C3C=CC(C3)C12. The molecule has 0 amide bonds. The summed E-state index contributed by atoms with van der Waals surface area (Å²) in [5, 5.41) is 0. The van der Waals surface area contributed by atoms with Crippen LogP contribution >= 0.6 is 0 Å². The Kier molecular flexibility index (Phi) is 10.6. The van der Waals surface area contributed by atoms with Crippen LogP contribution in [0, 0.1) is 166 Å². The van der Waals surface area contributed by atoms with Crippen molar-refractivity contribution in [3.8, 4) is 0 Å². The molecule has 67 heavy (non-hydrogen) atoms. The molecule has 0 aromatic carbocycles. The Morgan fingerprint density at radius 2 is 0.821 bits per heavy atom. The van der Waals surface area contributed by atoms with E-state index in [9.17, 15) is 14.4 Å². The van der Waals surface area contributed by atoms with Crippen LogP contribution in [0.5, 0.6) is 0 Å². The van der Waals surface area contributed by atoms with E-state index in [4.69, 9.17) is 0 Å². The molecule has 3 nitrogen and oxygen atoms in total. The van der Waals surface area contributed by atoms with Crippen molar-refractivity contribution in [2.45, 2.75) is 59.8 Å². The molecular formula is C64H74O3. The number of fused-ring (bicyclic) bond motifs is 30. The van der Waals surface area contributed by atoms with Crippen LogP contribution in [0.4, 0.5) is 0 Å². The van der Waals surface area contributed by atoms with Crippen LogP contribution in [0.1, 0.15) is 59.8 Å². The second kappa shape index (κ2) is 16.5. The number of allylic oxidation sites excluding steroid dienone is 24. The molecule has 6 fully saturated rings. The van der Waals surface area contributed by atoms with Gasteiger partial charge >= 0.3 is 0 Å². The summed E-state index contributed by atoms with van der Waals surface area (Å²) >= 11 is 0. The van der Waals surface area contributed by atoms with Crippen molar-refractivity contribution >= 4 is 17.3 Å². The molecule has 28 atom stereocenters. The maximum atomic E-state index is 11.5. The van der Waals surface area contributed by atoms with E-state index in [0.717, 1.165) is 118 Å². The highest BCUT2D eigenvalue weighted by atomic mass is 16.1. The summed E-state index contributed by atoms with van der Waals surface area (Å²) < 4.78 is 0. The summed E-state index contributed by atoms with van der Waals surface area (Å²) in [6.07, 6.45) is 61.8. The Balaban J connectivity index is 0.0000000799. The highest BCUT2D eigenvalue weighted by Crippen LogP contribution is 2.59. The molecule has 0 spiro atoms. The number of Topliss-reactive ketones (excluding diaryl/α,β-unsaturated/α-hetero) is 1. The third-order valence-corrected chi connectivity index (χ3v) is 22.0. The van der Waals surface area contributed by atoms with E-state index in [2.05, 4.69) is 143 Å². The molecule has 18 aliphatic rings. The predicted octanol–water partition coefficient (Wildman–Crippen LogP) is 12.8. The van der Waals surface area contributed by atoms with E-state index in [1.165, 1.54) is 32.1 Å². The van der Waals surface area contributed by atoms with Crippen molar-refractivity contribution in [1.29, 1.82) is 0 Å². The fraction of sp³-hybridized carbons (Fsp3) is 0.578. The fourth-order valence-electron chi connectivity index (χ4n) is 18.9. The minimum Gasteiger partial charge on any atom is -0.298 e. The second-order valence-electron chi connectivity index (χ2n) is 24.9. The lowest BCUT2D eigenvalue weighted by molar-refractivity contribution is -0.124. The average molecular weight is 891 g/mol. The van der Waals surface area contributed by atoms with E-state index < -0.39 is 0 Å². The fourth-order valence-corrected chi connectivity index (χ4v) is 18.9. The van der Waals surface area contributed by atoms with Gasteiger partial charge < -0.3 is 0 Å². The van der Waals surface area contributed by atoms with Gasteiger partial charge in [0, 0.05) is 29.6 Å². The maximum Gasteiger partial charge on any atom is 0.160 e. The molecule has 0 N–H and O–H groups in total. The van der Waals surface area contributed by atoms with E-state index in [1.807, 2.05) is 18.2 Å². The van der Waals surface area contributed by atoms with Crippen LogP contribution in [0.15, 0.2) is 146 Å². The van der Waals surface area contributed by atoms with Crippen molar-refractivity contribution < 1.29 is 14.4 Å². The summed E-state index contributed by atoms with van der Waals surface area (Å²) in [6.45, 7) is 9.54. The minimum atomic E-state index is -0.0949. The van der Waals surface area contributed by atoms with Gasteiger partial charge in [-0.1, -0.05) is 161 Å². The van der Waals surface area contributed by atoms with Crippen LogP contribution < -0.4 is 0 Å². The molecule has 3 heteroatoms. The number of ketones is 3. The molecular weight excluding hydrogens is 817 g/mol. The van der Waals surface area contributed by atoms with Crippen molar-refractivity contribution in [3.63, 3.8) is 0 Å². The van der Waals surface area contributed by atoms with Gasteiger partial charge in [0.1, 0.15) is 5.78 Å². The van der Waals surface area contributed by atoms with Crippen LogP contribution in [-0.4, -0.2) is 17.3 Å². The summed E-state index contributed by atoms with van der Waals surface area (Å²) in [5.74, 6) is 21.4. The van der Waals surface area contributed by atoms with Crippen LogP contribution in [-0.2, 0) is 14.4 Å². The van der Waals surface area contributed by atoms with Gasteiger partial charge in [-0.3, -0.25) is 14.4 Å². The third-order valence-electron chi connectivity index (χ3n) is 22.0. The van der Waals surface area contributed by atoms with Gasteiger partial charge in [-0.05, 0) is 180 Å². The van der Waals surface area contributed by atoms with Gasteiger partial charge in [-0.15, -0.1) is 0 Å². The first-order valence-corrected chi connectivity index (χ1v) is 27.4. The first-order valence-electron chi connectivity index (χ1n) is 27.4. The minimum absolute atomic E-state index is 0.0164. The van der Waals surface area contributed by atoms with Gasteiger partial charge in [0.2, 0.25) is 0 Å². The van der Waals surface area contributed by atoms with Crippen LogP contribution in [0.3, 0.4) is 0 Å². The predicted molar refractivity (Wildman–Crippen MR) is 268 cm³/mol. The first-order chi connectivity index (χ1) is 32.6. The smallest absolute Gasteiger partial charge is 0.160 e. The topological polar surface area (TPSA) is 51.2 Å². The van der Waals surface area contributed by atoms with Gasteiger partial charge in [-0.25, -0.2) is 0 Å². The molecule has 18 aliphatic carbocycles. The highest BCUT2D eigenvalue weighted by Gasteiger charge is 2.55. The summed E-state index contributed by atoms with van der Waals surface area (Å²) in [5.41, 5.74) is 0. The lowest BCUT2D eigenvalue weighted by Crippen LogP contribution is -2.20. The second-order valence-corrected chi connectivity index (χ2v) is 24.9. The lowest BCUT2D eigenvalue weighted by atomic mass is 9.81. The van der Waals surface area contributed by atoms with E-state index in [1.54, 1.807) is 12.2 Å². The molecule has 18 rings (SSSR count). The zero-order valence-electron chi connectivity index (χ0n) is 40.3. The van der Waals surface area contributed by atoms with Gasteiger partial charge in [0.15, 0.2) is 11.6 Å². The summed E-state index contributed by atoms with van der Waals surface area (Å²) in [6, 6.07) is 0. The monoisotopic (exact) mass is 891 g/mol. The normalized spacial score (nSPS) is 54.5. The Morgan fingerprint density at radius 3 is 1.43 bits per heavy atom. The van der Waals surface area contributed by atoms with Crippen LogP contribution in [0.25, 0.3) is 0 Å². The molecule has 28 unspecified atom stereocenters. The van der Waals surface area contributed by atoms with E-state index >= 15 is 0 Å². The Morgan fingerprint density at radius 1 is 0.343 bits per heavy atom. The van der Waals surface area contributed by atoms with Crippen molar-refractivity contribution in [2.75, 3.05) is 0 Å². The number of hydrogen-bond donors (Lipinski definition) is 0. The van der Waals surface area contributed by atoms with E-state index in [0.29, 0.717) is 29.5 Å². The Hall–Kier alpha value is -4.11. The molecule has 6 saturated carbocycles. The van der Waals surface area contributed by atoms with Gasteiger partial charge in [0.25, 0.3) is 0 Å². The zero-order chi connectivity index (χ0) is 45.4. The number of hydrogen-bond acceptors (Lipinski definition) is 3. The molecule has 348 valence electrons. The standard InChI is InChI=1S/C12H16.2C11H14.C10H8O2.C10H10O.C10H12/c1-7-3-4-11-9-5-6-10(8(9)2)12(7)11;2*1-7-2-5-10-8-3-4-9(6-8)11(7)10;11-8-4-3-5-6-1-2-7(9(5)8)10(6)12;11-9-4-3-8-6-1-2-7(5-6)10(8)9;1-2-9-7-4-5-8(6-7)10(9)3-1/h3-12H,1-2H3;2*2-5,7-11H,6H2,1H3;1-7,9H;1-4,6-8,10H,5H2;1-2,4-5,7-10H,3,6H2. The molecule has 0 aromatic rings. The number of carbonyl (C=O) groups is 3. The van der Waals surface area contributed by atoms with Gasteiger partial charge in [0.05, 0.1) is 0 Å². The zero-order valence-corrected chi connectivity index (χ0v) is 40.3. The molecule has 0 radical (unpaired) electrons. The molecule has 0 saturated heterocycles. The third kappa shape index (κ3) is 6.78. The summed E-state index contributed by atoms with van der Waals surface area (Å²) in [7, 11) is 0. The quantitative estimate of drug-likeness (QED) is 0.228. The average Bonchev–Trinajstić information content (AvgIpc) is 4.14. The van der Waals surface area contributed by atoms with E-state index in [-0.39, 0.29) is 35.2 Å². The number of carbonyl (C=O) groups excluding carboxylic acids is 3. The Labute approximate surface area is 401 Å². The molecule has 0 aliphatic heterocycles. The van der Waals surface area contributed by atoms with Crippen LogP contribution in [0.2, 0.25) is 0 Å². The lowest BCUT2D eigenvalue weighted by Gasteiger charge is -2.23. The highest BCUT2D eigenvalue weighted by molar-refractivity contribution is 6.05. The maximum absolute atomic E-state index is 11.5. The van der Waals surface area contributed by atoms with Crippen molar-refractivity contribution in [1.82, 2.24) is 0 Å². The van der Waals surface area contributed by atoms with Crippen molar-refractivity contribution in [3.05, 3.63) is 146 Å². The Bertz CT molecular complexity index is 2370. The number of rotatable bonds is 0. The van der Waals surface area contributed by atoms with Gasteiger partial charge in [-0.2, -0.15) is 0 Å².